The fourth-order valence-corrected chi connectivity index (χ4v) is 5.35. The van der Waals surface area contributed by atoms with Crippen LogP contribution >= 0.6 is 12.4 Å². The predicted molar refractivity (Wildman–Crippen MR) is 108 cm³/mol. The number of halogens is 1. The SMILES string of the molecule is Cl.NC1CCCC(C(=O)NCc2ccc(S(=O)(=O)N3CCCCC3)cc2)C1. The summed E-state index contributed by atoms with van der Waals surface area (Å²) in [4.78, 5) is 12.6. The number of nitrogens with two attached hydrogens (primary N) is 1. The lowest BCUT2D eigenvalue weighted by atomic mass is 9.85. The van der Waals surface area contributed by atoms with E-state index in [1.165, 1.54) is 0 Å². The highest BCUT2D eigenvalue weighted by Crippen LogP contribution is 2.24. The van der Waals surface area contributed by atoms with Crippen LogP contribution in [-0.2, 0) is 21.4 Å². The molecule has 0 radical (unpaired) electrons. The number of hydrogen-bond donors (Lipinski definition) is 2. The van der Waals surface area contributed by atoms with Crippen LogP contribution in [0.3, 0.4) is 0 Å². The quantitative estimate of drug-likeness (QED) is 0.772. The van der Waals surface area contributed by atoms with Gasteiger partial charge in [0.05, 0.1) is 4.90 Å². The van der Waals surface area contributed by atoms with Crippen LogP contribution in [0.2, 0.25) is 0 Å². The van der Waals surface area contributed by atoms with E-state index < -0.39 is 10.0 Å². The van der Waals surface area contributed by atoms with E-state index in [0.717, 1.165) is 50.5 Å². The molecule has 1 aromatic carbocycles. The van der Waals surface area contributed by atoms with Crippen LogP contribution in [0, 0.1) is 5.92 Å². The maximum Gasteiger partial charge on any atom is 0.243 e. The number of amides is 1. The Morgan fingerprint density at radius 3 is 2.37 bits per heavy atom. The summed E-state index contributed by atoms with van der Waals surface area (Å²) in [6.07, 6.45) is 6.59. The largest absolute Gasteiger partial charge is 0.352 e. The number of carbonyl (C=O) groups is 1. The standard InChI is InChI=1S/C19H29N3O3S.ClH/c20-17-6-4-5-16(13-17)19(23)21-14-15-7-9-18(10-8-15)26(24,25)22-11-2-1-3-12-22;/h7-10,16-17H,1-6,11-14,20H2,(H,21,23);1H. The minimum absolute atomic E-state index is 0. The zero-order valence-corrected chi connectivity index (χ0v) is 17.2. The smallest absolute Gasteiger partial charge is 0.243 e. The van der Waals surface area contributed by atoms with Gasteiger partial charge >= 0.3 is 0 Å². The summed E-state index contributed by atoms with van der Waals surface area (Å²) >= 11 is 0. The van der Waals surface area contributed by atoms with Gasteiger partial charge in [-0.1, -0.05) is 25.0 Å². The van der Waals surface area contributed by atoms with Gasteiger partial charge in [0.2, 0.25) is 15.9 Å². The molecule has 2 aliphatic rings. The summed E-state index contributed by atoms with van der Waals surface area (Å²) in [5.74, 6) is 0.0441. The van der Waals surface area contributed by atoms with Crippen molar-refractivity contribution in [3.05, 3.63) is 29.8 Å². The third kappa shape index (κ3) is 5.67. The highest BCUT2D eigenvalue weighted by atomic mass is 35.5. The van der Waals surface area contributed by atoms with Gasteiger partial charge in [-0.05, 0) is 49.8 Å². The normalized spacial score (nSPS) is 24.0. The number of benzene rings is 1. The van der Waals surface area contributed by atoms with E-state index in [9.17, 15) is 13.2 Å². The minimum Gasteiger partial charge on any atom is -0.352 e. The van der Waals surface area contributed by atoms with Gasteiger partial charge in [0.15, 0.2) is 0 Å². The number of sulfonamides is 1. The third-order valence-corrected chi connectivity index (χ3v) is 7.34. The summed E-state index contributed by atoms with van der Waals surface area (Å²) in [5.41, 5.74) is 6.85. The van der Waals surface area contributed by atoms with Gasteiger partial charge in [0, 0.05) is 31.6 Å². The highest BCUT2D eigenvalue weighted by molar-refractivity contribution is 7.89. The number of piperidine rings is 1. The summed E-state index contributed by atoms with van der Waals surface area (Å²) in [5, 5.41) is 2.96. The fourth-order valence-electron chi connectivity index (χ4n) is 3.83. The van der Waals surface area contributed by atoms with Gasteiger partial charge in [-0.15, -0.1) is 12.4 Å². The molecule has 152 valence electrons. The van der Waals surface area contributed by atoms with Crippen LogP contribution in [0.1, 0.15) is 50.5 Å². The van der Waals surface area contributed by atoms with Gasteiger partial charge in [-0.3, -0.25) is 4.79 Å². The average molecular weight is 416 g/mol. The second kappa shape index (κ2) is 9.87. The molecule has 2 fully saturated rings. The molecule has 1 saturated carbocycles. The van der Waals surface area contributed by atoms with E-state index in [1.807, 2.05) is 0 Å². The molecule has 0 bridgehead atoms. The van der Waals surface area contributed by atoms with E-state index in [1.54, 1.807) is 28.6 Å². The number of carbonyl (C=O) groups excluding carboxylic acids is 1. The van der Waals surface area contributed by atoms with Crippen molar-refractivity contribution in [1.29, 1.82) is 0 Å². The molecule has 27 heavy (non-hydrogen) atoms. The van der Waals surface area contributed by atoms with Crippen LogP contribution in [-0.4, -0.2) is 37.8 Å². The Bertz CT molecular complexity index is 718. The third-order valence-electron chi connectivity index (χ3n) is 5.43. The van der Waals surface area contributed by atoms with Crippen molar-refractivity contribution in [2.45, 2.75) is 62.4 Å². The molecule has 1 heterocycles. The van der Waals surface area contributed by atoms with E-state index in [4.69, 9.17) is 5.73 Å². The highest BCUT2D eigenvalue weighted by Gasteiger charge is 2.26. The molecule has 1 aliphatic carbocycles. The zero-order valence-electron chi connectivity index (χ0n) is 15.6. The summed E-state index contributed by atoms with van der Waals surface area (Å²) in [6.45, 7) is 1.61. The number of nitrogens with zero attached hydrogens (tertiary/aromatic N) is 1. The van der Waals surface area contributed by atoms with Crippen molar-refractivity contribution in [3.63, 3.8) is 0 Å². The first kappa shape index (κ1) is 22.1. The van der Waals surface area contributed by atoms with Crippen LogP contribution in [0.4, 0.5) is 0 Å². The van der Waals surface area contributed by atoms with E-state index >= 15 is 0 Å². The Morgan fingerprint density at radius 2 is 1.74 bits per heavy atom. The predicted octanol–water partition coefficient (Wildman–Crippen LogP) is 2.42. The molecule has 1 saturated heterocycles. The molecule has 1 amide bonds. The van der Waals surface area contributed by atoms with Crippen molar-refractivity contribution in [2.75, 3.05) is 13.1 Å². The lowest BCUT2D eigenvalue weighted by Crippen LogP contribution is -2.37. The first-order valence-electron chi connectivity index (χ1n) is 9.59. The monoisotopic (exact) mass is 415 g/mol. The van der Waals surface area contributed by atoms with Crippen molar-refractivity contribution < 1.29 is 13.2 Å². The Kier molecular flexibility index (Phi) is 8.09. The molecule has 3 rings (SSSR count). The van der Waals surface area contributed by atoms with Gasteiger partial charge in [-0.25, -0.2) is 8.42 Å². The van der Waals surface area contributed by atoms with Crippen molar-refractivity contribution >= 4 is 28.3 Å². The molecule has 1 aliphatic heterocycles. The molecular formula is C19H30ClN3O3S. The average Bonchev–Trinajstić information content (AvgIpc) is 2.67. The summed E-state index contributed by atoms with van der Waals surface area (Å²) in [6, 6.07) is 6.97. The molecule has 2 unspecified atom stereocenters. The molecule has 3 N–H and O–H groups in total. The second-order valence-corrected chi connectivity index (χ2v) is 9.39. The zero-order chi connectivity index (χ0) is 18.6. The molecule has 2 atom stereocenters. The molecular weight excluding hydrogens is 386 g/mol. The van der Waals surface area contributed by atoms with E-state index in [0.29, 0.717) is 24.5 Å². The Labute approximate surface area is 168 Å². The van der Waals surface area contributed by atoms with Crippen LogP contribution in [0.5, 0.6) is 0 Å². The van der Waals surface area contributed by atoms with Crippen molar-refractivity contribution in [2.24, 2.45) is 11.7 Å². The lowest BCUT2D eigenvalue weighted by molar-refractivity contribution is -0.126. The number of rotatable bonds is 5. The molecule has 0 spiro atoms. The molecule has 1 aromatic rings. The van der Waals surface area contributed by atoms with Crippen molar-refractivity contribution in [3.8, 4) is 0 Å². The first-order valence-corrected chi connectivity index (χ1v) is 11.0. The Hall–Kier alpha value is -1.15. The summed E-state index contributed by atoms with van der Waals surface area (Å²) in [7, 11) is -3.40. The van der Waals surface area contributed by atoms with Crippen LogP contribution in [0.25, 0.3) is 0 Å². The maximum atomic E-state index is 12.6. The molecule has 0 aromatic heterocycles. The summed E-state index contributed by atoms with van der Waals surface area (Å²) < 4.78 is 26.9. The molecule has 8 heteroatoms. The first-order chi connectivity index (χ1) is 12.5. The van der Waals surface area contributed by atoms with Gasteiger partial charge in [0.25, 0.3) is 0 Å². The number of nitrogens with one attached hydrogen (secondary N) is 1. The van der Waals surface area contributed by atoms with Gasteiger partial charge < -0.3 is 11.1 Å². The number of hydrogen-bond acceptors (Lipinski definition) is 4. The Balaban J connectivity index is 0.00000261. The van der Waals surface area contributed by atoms with Crippen LogP contribution < -0.4 is 11.1 Å². The van der Waals surface area contributed by atoms with Crippen molar-refractivity contribution in [1.82, 2.24) is 9.62 Å². The topological polar surface area (TPSA) is 92.5 Å². The Morgan fingerprint density at radius 1 is 1.07 bits per heavy atom. The van der Waals surface area contributed by atoms with E-state index in [-0.39, 0.29) is 30.3 Å². The fraction of sp³-hybridized carbons (Fsp3) is 0.632. The second-order valence-electron chi connectivity index (χ2n) is 7.45. The molecule has 6 nitrogen and oxygen atoms in total. The maximum absolute atomic E-state index is 12.6. The minimum atomic E-state index is -3.40. The van der Waals surface area contributed by atoms with Gasteiger partial charge in [-0.2, -0.15) is 4.31 Å². The van der Waals surface area contributed by atoms with Crippen LogP contribution in [0.15, 0.2) is 29.2 Å². The lowest BCUT2D eigenvalue weighted by Gasteiger charge is -2.26. The van der Waals surface area contributed by atoms with E-state index in [2.05, 4.69) is 5.32 Å². The van der Waals surface area contributed by atoms with Gasteiger partial charge in [0.1, 0.15) is 0 Å².